The monoisotopic (exact) mass is 673 g/mol. The molecular weight excluding hydrogens is 627 g/mol. The zero-order chi connectivity index (χ0) is 35.1. The molecule has 0 aromatic heterocycles. The van der Waals surface area contributed by atoms with Gasteiger partial charge in [0.1, 0.15) is 0 Å². The fraction of sp³-hybridized carbons (Fsp3) is 0.350. The van der Waals surface area contributed by atoms with Crippen LogP contribution in [0.15, 0.2) is 97.1 Å². The standard InChI is InChI=1S/C38H45N3O.C2HF3O2/c1-2-3-23-40-38(42)37-25-31(28-41-35-15-8-5-9-16-35)19-22-36(37)34-14-10-11-30(24-34)27-39-26-29-17-20-33(21-18-29)32-12-6-4-7-13-32;3-2(4,5)1(6)7/h4,6-7,10-14,17-22,24-25,35,39,41H,2-3,5,8-9,15-16,23,26-28H2,1H3,(H,40,42);(H,6,7). The molecule has 6 nitrogen and oxygen atoms in total. The Morgan fingerprint density at radius 1 is 0.735 bits per heavy atom. The van der Waals surface area contributed by atoms with Crippen molar-refractivity contribution in [1.29, 1.82) is 0 Å². The van der Waals surface area contributed by atoms with E-state index in [0.29, 0.717) is 12.6 Å². The molecule has 0 radical (unpaired) electrons. The molecule has 1 aliphatic rings. The first-order chi connectivity index (χ1) is 23.6. The lowest BCUT2D eigenvalue weighted by Gasteiger charge is -2.23. The van der Waals surface area contributed by atoms with E-state index in [9.17, 15) is 18.0 Å². The smallest absolute Gasteiger partial charge is 0.475 e. The summed E-state index contributed by atoms with van der Waals surface area (Å²) >= 11 is 0. The van der Waals surface area contributed by atoms with Gasteiger partial charge in [-0.25, -0.2) is 4.79 Å². The lowest BCUT2D eigenvalue weighted by molar-refractivity contribution is -0.192. The molecule has 5 rings (SSSR count). The number of hydrogen-bond acceptors (Lipinski definition) is 4. The van der Waals surface area contributed by atoms with Crippen LogP contribution in [0.25, 0.3) is 22.3 Å². The van der Waals surface area contributed by atoms with Crippen LogP contribution in [0.1, 0.15) is 78.9 Å². The molecule has 49 heavy (non-hydrogen) atoms. The van der Waals surface area contributed by atoms with Gasteiger partial charge >= 0.3 is 12.1 Å². The number of unbranched alkanes of at least 4 members (excludes halogenated alkanes) is 1. The summed E-state index contributed by atoms with van der Waals surface area (Å²) in [5.41, 5.74) is 8.93. The van der Waals surface area contributed by atoms with Crippen LogP contribution in [-0.2, 0) is 24.4 Å². The minimum absolute atomic E-state index is 0.0143. The quantitative estimate of drug-likeness (QED) is 0.107. The second-order valence-corrected chi connectivity index (χ2v) is 12.4. The van der Waals surface area contributed by atoms with Crippen molar-refractivity contribution in [2.24, 2.45) is 0 Å². The fourth-order valence-corrected chi connectivity index (χ4v) is 5.83. The Labute approximate surface area is 287 Å². The molecule has 0 unspecified atom stereocenters. The number of carbonyl (C=O) groups excluding carboxylic acids is 1. The van der Waals surface area contributed by atoms with Crippen molar-refractivity contribution in [3.63, 3.8) is 0 Å². The molecule has 1 saturated carbocycles. The highest BCUT2D eigenvalue weighted by molar-refractivity contribution is 6.01. The van der Waals surface area contributed by atoms with Crippen LogP contribution >= 0.6 is 0 Å². The molecule has 1 amide bonds. The van der Waals surface area contributed by atoms with Crippen LogP contribution in [0, 0.1) is 0 Å². The van der Waals surface area contributed by atoms with Crippen molar-refractivity contribution >= 4 is 11.9 Å². The molecule has 0 bridgehead atoms. The first-order valence-electron chi connectivity index (χ1n) is 17.0. The maximum atomic E-state index is 13.4. The number of rotatable bonds is 13. The van der Waals surface area contributed by atoms with Gasteiger partial charge in [0.25, 0.3) is 5.91 Å². The maximum absolute atomic E-state index is 13.4. The van der Waals surface area contributed by atoms with Gasteiger partial charge in [0, 0.05) is 37.8 Å². The highest BCUT2D eigenvalue weighted by Gasteiger charge is 2.38. The van der Waals surface area contributed by atoms with Crippen LogP contribution in [0.2, 0.25) is 0 Å². The van der Waals surface area contributed by atoms with Gasteiger partial charge in [-0.05, 0) is 70.3 Å². The lowest BCUT2D eigenvalue weighted by Crippen LogP contribution is -2.30. The summed E-state index contributed by atoms with van der Waals surface area (Å²) in [5.74, 6) is -2.74. The molecule has 0 spiro atoms. The van der Waals surface area contributed by atoms with Crippen LogP contribution in [0.3, 0.4) is 0 Å². The predicted octanol–water partition coefficient (Wildman–Crippen LogP) is 8.90. The Hall–Kier alpha value is -4.47. The van der Waals surface area contributed by atoms with E-state index in [4.69, 9.17) is 9.90 Å². The third-order valence-electron chi connectivity index (χ3n) is 8.54. The fourth-order valence-electron chi connectivity index (χ4n) is 5.83. The average molecular weight is 674 g/mol. The number of hydrogen-bond donors (Lipinski definition) is 4. The summed E-state index contributed by atoms with van der Waals surface area (Å²) in [4.78, 5) is 22.3. The number of alkyl halides is 3. The van der Waals surface area contributed by atoms with E-state index in [1.807, 2.05) is 6.07 Å². The van der Waals surface area contributed by atoms with E-state index in [1.165, 1.54) is 59.9 Å². The molecule has 1 aliphatic carbocycles. The lowest BCUT2D eigenvalue weighted by atomic mass is 9.94. The van der Waals surface area contributed by atoms with Gasteiger partial charge in [-0.2, -0.15) is 13.2 Å². The number of amides is 1. The third-order valence-corrected chi connectivity index (χ3v) is 8.54. The molecule has 4 aromatic rings. The SMILES string of the molecule is CCCCNC(=O)c1cc(CNC2CCCCC2)ccc1-c1cccc(CNCc2ccc(-c3ccccc3)cc2)c1.O=C(O)C(F)(F)F. The largest absolute Gasteiger partial charge is 0.490 e. The van der Waals surface area contributed by atoms with Crippen LogP contribution in [-0.4, -0.2) is 35.7 Å². The van der Waals surface area contributed by atoms with Crippen molar-refractivity contribution in [3.05, 3.63) is 119 Å². The van der Waals surface area contributed by atoms with Crippen LogP contribution in [0.5, 0.6) is 0 Å². The summed E-state index contributed by atoms with van der Waals surface area (Å²) in [7, 11) is 0. The van der Waals surface area contributed by atoms with E-state index >= 15 is 0 Å². The number of halogens is 3. The summed E-state index contributed by atoms with van der Waals surface area (Å²) in [6, 6.07) is 34.8. The number of carboxylic acids is 1. The van der Waals surface area contributed by atoms with Gasteiger partial charge < -0.3 is 21.1 Å². The zero-order valence-electron chi connectivity index (χ0n) is 28.0. The van der Waals surface area contributed by atoms with Gasteiger partial charge in [-0.3, -0.25) is 4.79 Å². The second kappa shape index (κ2) is 18.9. The van der Waals surface area contributed by atoms with Crippen LogP contribution in [0.4, 0.5) is 13.2 Å². The minimum atomic E-state index is -5.08. The van der Waals surface area contributed by atoms with E-state index in [0.717, 1.165) is 49.2 Å². The Balaban J connectivity index is 0.000000698. The van der Waals surface area contributed by atoms with Crippen molar-refractivity contribution < 1.29 is 27.9 Å². The summed E-state index contributed by atoms with van der Waals surface area (Å²) in [6.07, 6.45) is 3.45. The number of carboxylic acid groups (broad SMARTS) is 1. The molecule has 9 heteroatoms. The zero-order valence-corrected chi connectivity index (χ0v) is 28.0. The van der Waals surface area contributed by atoms with Crippen LogP contribution < -0.4 is 16.0 Å². The van der Waals surface area contributed by atoms with Gasteiger partial charge in [0.15, 0.2) is 0 Å². The minimum Gasteiger partial charge on any atom is -0.475 e. The Kier molecular flexibility index (Phi) is 14.4. The van der Waals surface area contributed by atoms with Crippen molar-refractivity contribution in [2.45, 2.75) is 83.7 Å². The van der Waals surface area contributed by atoms with Gasteiger partial charge in [0.2, 0.25) is 0 Å². The summed E-state index contributed by atoms with van der Waals surface area (Å²) in [6.45, 7) is 5.21. The average Bonchev–Trinajstić information content (AvgIpc) is 3.12. The topological polar surface area (TPSA) is 90.5 Å². The highest BCUT2D eigenvalue weighted by Crippen LogP contribution is 2.27. The number of aliphatic carboxylic acids is 1. The molecule has 0 atom stereocenters. The molecule has 4 aromatic carbocycles. The van der Waals surface area contributed by atoms with Crippen molar-refractivity contribution in [1.82, 2.24) is 16.0 Å². The number of carbonyl (C=O) groups is 2. The van der Waals surface area contributed by atoms with Gasteiger partial charge in [0.05, 0.1) is 0 Å². The van der Waals surface area contributed by atoms with E-state index < -0.39 is 12.1 Å². The number of nitrogens with one attached hydrogen (secondary N) is 3. The molecule has 0 aliphatic heterocycles. The van der Waals surface area contributed by atoms with E-state index in [-0.39, 0.29) is 5.91 Å². The Morgan fingerprint density at radius 3 is 2.02 bits per heavy atom. The molecule has 1 fully saturated rings. The number of benzene rings is 4. The van der Waals surface area contributed by atoms with Gasteiger partial charge in [-0.15, -0.1) is 0 Å². The molecule has 4 N–H and O–H groups in total. The molecule has 260 valence electrons. The third kappa shape index (κ3) is 12.2. The molecular formula is C40H46F3N3O3. The summed E-state index contributed by atoms with van der Waals surface area (Å²) in [5, 5.41) is 17.6. The molecule has 0 heterocycles. The van der Waals surface area contributed by atoms with Crippen molar-refractivity contribution in [2.75, 3.05) is 6.54 Å². The molecule has 0 saturated heterocycles. The predicted molar refractivity (Wildman–Crippen MR) is 189 cm³/mol. The maximum Gasteiger partial charge on any atom is 0.490 e. The summed E-state index contributed by atoms with van der Waals surface area (Å²) < 4.78 is 31.7. The highest BCUT2D eigenvalue weighted by atomic mass is 19.4. The second-order valence-electron chi connectivity index (χ2n) is 12.4. The van der Waals surface area contributed by atoms with Crippen molar-refractivity contribution in [3.8, 4) is 22.3 Å². The van der Waals surface area contributed by atoms with E-state index in [1.54, 1.807) is 0 Å². The van der Waals surface area contributed by atoms with E-state index in [2.05, 4.69) is 114 Å². The Bertz CT molecular complexity index is 1620. The van der Waals surface area contributed by atoms with Gasteiger partial charge in [-0.1, -0.05) is 118 Å². The normalized spacial score (nSPS) is 13.3. The Morgan fingerprint density at radius 2 is 1.35 bits per heavy atom. The first-order valence-corrected chi connectivity index (χ1v) is 17.0. The first kappa shape index (κ1) is 37.4.